The van der Waals surface area contributed by atoms with Crippen LogP contribution in [0.5, 0.6) is 0 Å². The number of nitro groups is 2. The first-order chi connectivity index (χ1) is 15.0. The zero-order valence-electron chi connectivity index (χ0n) is 16.3. The number of rotatable bonds is 6. The maximum absolute atomic E-state index is 11.3. The Kier molecular flexibility index (Phi) is 5.53. The standard InChI is InChI=1S/C23H18N4O4/c28-26(29)19-11-12-22(23(15-19)27(30)31)25-24-18-13-20(16-7-3-1-4-8-16)21(14-18)17-9-5-2-6-10-17/h1-13,15,21,25H,14H2/b24-18-/t21-/m1/s1. The van der Waals surface area contributed by atoms with E-state index >= 15 is 0 Å². The third-order valence-electron chi connectivity index (χ3n) is 5.13. The van der Waals surface area contributed by atoms with Crippen molar-refractivity contribution < 1.29 is 9.85 Å². The van der Waals surface area contributed by atoms with Crippen molar-refractivity contribution in [2.45, 2.75) is 12.3 Å². The molecule has 0 aliphatic heterocycles. The summed E-state index contributed by atoms with van der Waals surface area (Å²) >= 11 is 0. The van der Waals surface area contributed by atoms with Gasteiger partial charge in [0.2, 0.25) is 0 Å². The number of anilines is 1. The molecule has 0 saturated carbocycles. The fourth-order valence-electron chi connectivity index (χ4n) is 3.65. The normalized spacial score (nSPS) is 16.7. The van der Waals surface area contributed by atoms with Crippen LogP contribution in [0.3, 0.4) is 0 Å². The third-order valence-corrected chi connectivity index (χ3v) is 5.13. The Hall–Kier alpha value is -4.33. The first kappa shape index (κ1) is 20.0. The minimum atomic E-state index is -0.668. The van der Waals surface area contributed by atoms with Crippen LogP contribution < -0.4 is 5.43 Å². The molecule has 0 saturated heterocycles. The summed E-state index contributed by atoms with van der Waals surface area (Å²) in [5.41, 5.74) is 6.17. The number of hydrazone groups is 1. The van der Waals surface area contributed by atoms with Crippen LogP contribution >= 0.6 is 0 Å². The number of nitro benzene ring substituents is 2. The predicted molar refractivity (Wildman–Crippen MR) is 119 cm³/mol. The molecule has 0 amide bonds. The van der Waals surface area contributed by atoms with Gasteiger partial charge in [0.1, 0.15) is 5.69 Å². The smallest absolute Gasteiger partial charge is 0.271 e. The SMILES string of the molecule is O=[N+]([O-])c1ccc(N/N=C2/C=C(c3ccccc3)[C@@H](c3ccccc3)C2)c([N+](=O)[O-])c1. The number of allylic oxidation sites excluding steroid dienone is 2. The van der Waals surface area contributed by atoms with Crippen LogP contribution in [-0.4, -0.2) is 15.6 Å². The van der Waals surface area contributed by atoms with Crippen molar-refractivity contribution in [1.82, 2.24) is 0 Å². The van der Waals surface area contributed by atoms with Gasteiger partial charge in [0, 0.05) is 18.4 Å². The molecule has 3 aromatic carbocycles. The third kappa shape index (κ3) is 4.32. The van der Waals surface area contributed by atoms with Gasteiger partial charge in [-0.2, -0.15) is 5.10 Å². The second-order valence-corrected chi connectivity index (χ2v) is 7.06. The first-order valence-corrected chi connectivity index (χ1v) is 9.60. The Balaban J connectivity index is 1.66. The highest BCUT2D eigenvalue weighted by Crippen LogP contribution is 2.40. The molecule has 1 aliphatic rings. The highest BCUT2D eigenvalue weighted by molar-refractivity contribution is 6.08. The summed E-state index contributed by atoms with van der Waals surface area (Å²) in [6, 6.07) is 23.5. The van der Waals surface area contributed by atoms with Gasteiger partial charge in [-0.3, -0.25) is 25.7 Å². The number of non-ortho nitro benzene ring substituents is 1. The summed E-state index contributed by atoms with van der Waals surface area (Å²) in [5.74, 6) is 0.107. The molecule has 1 N–H and O–H groups in total. The quantitative estimate of drug-likeness (QED) is 0.420. The van der Waals surface area contributed by atoms with E-state index in [1.807, 2.05) is 54.6 Å². The lowest BCUT2D eigenvalue weighted by Crippen LogP contribution is -2.02. The molecule has 31 heavy (non-hydrogen) atoms. The van der Waals surface area contributed by atoms with E-state index in [4.69, 9.17) is 0 Å². The van der Waals surface area contributed by atoms with Gasteiger partial charge in [0.25, 0.3) is 5.69 Å². The van der Waals surface area contributed by atoms with Gasteiger partial charge in [-0.1, -0.05) is 60.7 Å². The molecule has 0 heterocycles. The summed E-state index contributed by atoms with van der Waals surface area (Å²) in [6.45, 7) is 0. The molecule has 8 heteroatoms. The van der Waals surface area contributed by atoms with Gasteiger partial charge >= 0.3 is 5.69 Å². The first-order valence-electron chi connectivity index (χ1n) is 9.60. The Morgan fingerprint density at radius 1 is 0.871 bits per heavy atom. The summed E-state index contributed by atoms with van der Waals surface area (Å²) in [7, 11) is 0. The molecule has 4 rings (SSSR count). The van der Waals surface area contributed by atoms with Crippen LogP contribution in [0.15, 0.2) is 90.0 Å². The van der Waals surface area contributed by atoms with Crippen LogP contribution in [0, 0.1) is 20.2 Å². The van der Waals surface area contributed by atoms with E-state index in [2.05, 4.69) is 22.7 Å². The highest BCUT2D eigenvalue weighted by atomic mass is 16.6. The van der Waals surface area contributed by atoms with E-state index in [-0.39, 0.29) is 17.3 Å². The van der Waals surface area contributed by atoms with E-state index in [1.54, 1.807) is 0 Å². The van der Waals surface area contributed by atoms with Gasteiger partial charge in [0.05, 0.1) is 21.6 Å². The molecule has 0 unspecified atom stereocenters. The second kappa shape index (κ2) is 8.58. The van der Waals surface area contributed by atoms with Gasteiger partial charge in [0.15, 0.2) is 0 Å². The number of hydrogen-bond donors (Lipinski definition) is 1. The topological polar surface area (TPSA) is 111 Å². The number of benzene rings is 3. The van der Waals surface area contributed by atoms with Crippen LogP contribution in [-0.2, 0) is 0 Å². The van der Waals surface area contributed by atoms with Crippen LogP contribution in [0.4, 0.5) is 17.1 Å². The maximum Gasteiger partial charge on any atom is 0.301 e. The van der Waals surface area contributed by atoms with Crippen molar-refractivity contribution in [1.29, 1.82) is 0 Å². The van der Waals surface area contributed by atoms with Gasteiger partial charge in [-0.25, -0.2) is 0 Å². The van der Waals surface area contributed by atoms with Crippen molar-refractivity contribution in [2.75, 3.05) is 5.43 Å². The molecule has 0 aromatic heterocycles. The molecule has 8 nitrogen and oxygen atoms in total. The Morgan fingerprint density at radius 2 is 1.55 bits per heavy atom. The molecule has 0 bridgehead atoms. The molecule has 0 spiro atoms. The summed E-state index contributed by atoms with van der Waals surface area (Å²) in [4.78, 5) is 20.9. The fourth-order valence-corrected chi connectivity index (χ4v) is 3.65. The molecule has 154 valence electrons. The number of nitrogens with one attached hydrogen (secondary N) is 1. The van der Waals surface area contributed by atoms with E-state index in [0.29, 0.717) is 6.42 Å². The molecule has 0 fully saturated rings. The lowest BCUT2D eigenvalue weighted by Gasteiger charge is -2.15. The highest BCUT2D eigenvalue weighted by Gasteiger charge is 2.26. The average Bonchev–Trinajstić information content (AvgIpc) is 3.23. The van der Waals surface area contributed by atoms with Crippen LogP contribution in [0.1, 0.15) is 23.5 Å². The largest absolute Gasteiger partial charge is 0.301 e. The summed E-state index contributed by atoms with van der Waals surface area (Å²) in [6.07, 6.45) is 2.61. The van der Waals surface area contributed by atoms with Gasteiger partial charge in [-0.05, 0) is 28.8 Å². The lowest BCUT2D eigenvalue weighted by molar-refractivity contribution is -0.393. The monoisotopic (exact) mass is 414 g/mol. The Labute approximate surface area is 177 Å². The van der Waals surface area contributed by atoms with Gasteiger partial charge in [-0.15, -0.1) is 0 Å². The van der Waals surface area contributed by atoms with Crippen molar-refractivity contribution in [2.24, 2.45) is 5.10 Å². The number of hydrogen-bond acceptors (Lipinski definition) is 6. The molecule has 1 atom stereocenters. The lowest BCUT2D eigenvalue weighted by atomic mass is 9.88. The number of nitrogens with zero attached hydrogens (tertiary/aromatic N) is 3. The summed E-state index contributed by atoms with van der Waals surface area (Å²) < 4.78 is 0. The minimum Gasteiger partial charge on any atom is -0.271 e. The van der Waals surface area contributed by atoms with E-state index < -0.39 is 15.5 Å². The summed E-state index contributed by atoms with van der Waals surface area (Å²) in [5, 5.41) is 26.7. The minimum absolute atomic E-state index is 0.0981. The molecular formula is C23H18N4O4. The van der Waals surface area contributed by atoms with E-state index in [0.717, 1.165) is 28.5 Å². The zero-order valence-corrected chi connectivity index (χ0v) is 16.3. The molecule has 0 radical (unpaired) electrons. The van der Waals surface area contributed by atoms with Crippen molar-refractivity contribution in [3.8, 4) is 0 Å². The van der Waals surface area contributed by atoms with Crippen molar-refractivity contribution in [3.63, 3.8) is 0 Å². The Morgan fingerprint density at radius 3 is 2.19 bits per heavy atom. The molecule has 1 aliphatic carbocycles. The predicted octanol–water partition coefficient (Wildman–Crippen LogP) is 5.54. The van der Waals surface area contributed by atoms with Gasteiger partial charge < -0.3 is 0 Å². The van der Waals surface area contributed by atoms with E-state index in [9.17, 15) is 20.2 Å². The molecular weight excluding hydrogens is 396 g/mol. The Bertz CT molecular complexity index is 1190. The second-order valence-electron chi connectivity index (χ2n) is 7.06. The van der Waals surface area contributed by atoms with Crippen molar-refractivity contribution >= 4 is 28.3 Å². The molecule has 3 aromatic rings. The average molecular weight is 414 g/mol. The van der Waals surface area contributed by atoms with Crippen molar-refractivity contribution in [3.05, 3.63) is 116 Å². The van der Waals surface area contributed by atoms with Crippen LogP contribution in [0.25, 0.3) is 5.57 Å². The van der Waals surface area contributed by atoms with E-state index in [1.165, 1.54) is 12.1 Å². The maximum atomic E-state index is 11.3. The fraction of sp³-hybridized carbons (Fsp3) is 0.0870. The van der Waals surface area contributed by atoms with Crippen LogP contribution in [0.2, 0.25) is 0 Å². The zero-order chi connectivity index (χ0) is 21.8.